The zero-order valence-corrected chi connectivity index (χ0v) is 7.91. The van der Waals surface area contributed by atoms with Crippen molar-refractivity contribution in [2.75, 3.05) is 6.61 Å². The van der Waals surface area contributed by atoms with E-state index in [1.54, 1.807) is 20.8 Å². The van der Waals surface area contributed by atoms with Gasteiger partial charge in [0.15, 0.2) is 0 Å². The molecule has 0 aromatic rings. The van der Waals surface area contributed by atoms with Gasteiger partial charge in [-0.25, -0.2) is 8.78 Å². The smallest absolute Gasteiger partial charge is 0.315 e. The van der Waals surface area contributed by atoms with Crippen molar-refractivity contribution in [3.63, 3.8) is 0 Å². The summed E-state index contributed by atoms with van der Waals surface area (Å²) < 4.78 is 51.6. The van der Waals surface area contributed by atoms with Crippen molar-refractivity contribution in [2.24, 2.45) is 5.41 Å². The van der Waals surface area contributed by atoms with Crippen LogP contribution in [0.15, 0.2) is 0 Å². The van der Waals surface area contributed by atoms with E-state index in [0.29, 0.717) is 6.42 Å². The average Bonchev–Trinajstić information content (AvgIpc) is 2.01. The minimum Gasteiger partial charge on any atom is -0.315 e. The van der Waals surface area contributed by atoms with Crippen LogP contribution >= 0.6 is 0 Å². The Kier molecular flexibility index (Phi) is 4.16. The van der Waals surface area contributed by atoms with Gasteiger partial charge in [0, 0.05) is 0 Å². The highest BCUT2D eigenvalue weighted by atomic mass is 19.3. The number of rotatable bonds is 5. The van der Waals surface area contributed by atoms with E-state index < -0.39 is 17.9 Å². The largest absolute Gasteiger partial charge is 0.416 e. The molecule has 1 nitrogen and oxygen atoms in total. The summed E-state index contributed by atoms with van der Waals surface area (Å²) >= 11 is 0. The summed E-state index contributed by atoms with van der Waals surface area (Å²) in [5, 5.41) is 0. The number of hydrogen-bond donors (Lipinski definition) is 0. The molecular formula is C8H14F4O. The molecular weight excluding hydrogens is 188 g/mol. The molecule has 0 atom stereocenters. The Balaban J connectivity index is 4.02. The predicted octanol–water partition coefficient (Wildman–Crippen LogP) is 3.30. The molecule has 0 radical (unpaired) electrons. The highest BCUT2D eigenvalue weighted by Gasteiger charge is 2.43. The van der Waals surface area contributed by atoms with Crippen molar-refractivity contribution < 1.29 is 22.3 Å². The molecule has 0 unspecified atom stereocenters. The minimum atomic E-state index is -4.33. The van der Waals surface area contributed by atoms with Crippen molar-refractivity contribution in [1.82, 2.24) is 0 Å². The molecule has 0 aliphatic rings. The van der Waals surface area contributed by atoms with E-state index in [-0.39, 0.29) is 6.61 Å². The maximum absolute atomic E-state index is 12.2. The number of ether oxygens (including phenoxy) is 1. The van der Waals surface area contributed by atoms with Crippen molar-refractivity contribution in [1.29, 1.82) is 0 Å². The zero-order chi connectivity index (χ0) is 10.7. The molecule has 0 saturated carbocycles. The summed E-state index contributed by atoms with van der Waals surface area (Å²) in [6, 6.07) is 0. The Bertz CT molecular complexity index is 156. The maximum atomic E-state index is 12.2. The Hall–Kier alpha value is -0.320. The van der Waals surface area contributed by atoms with E-state index in [9.17, 15) is 17.6 Å². The van der Waals surface area contributed by atoms with Gasteiger partial charge in [0.05, 0.1) is 6.61 Å². The van der Waals surface area contributed by atoms with E-state index in [2.05, 4.69) is 4.74 Å². The van der Waals surface area contributed by atoms with Crippen LogP contribution < -0.4 is 0 Å². The van der Waals surface area contributed by atoms with Crippen molar-refractivity contribution >= 4 is 0 Å². The molecule has 0 aromatic heterocycles. The first-order valence-corrected chi connectivity index (χ1v) is 4.01. The van der Waals surface area contributed by atoms with E-state index in [1.165, 1.54) is 0 Å². The summed E-state index contributed by atoms with van der Waals surface area (Å²) in [6.45, 7) is 4.76. The Morgan fingerprint density at radius 3 is 2.00 bits per heavy atom. The highest BCUT2D eigenvalue weighted by molar-refractivity contribution is 4.67. The fourth-order valence-electron chi connectivity index (χ4n) is 0.457. The van der Waals surface area contributed by atoms with Crippen molar-refractivity contribution in [3.05, 3.63) is 0 Å². The highest BCUT2D eigenvalue weighted by Crippen LogP contribution is 2.28. The van der Waals surface area contributed by atoms with Gasteiger partial charge in [-0.05, 0) is 11.8 Å². The first-order chi connectivity index (χ1) is 5.71. The summed E-state index contributed by atoms with van der Waals surface area (Å²) in [5.74, 6) is 0. The molecule has 0 heterocycles. The van der Waals surface area contributed by atoms with E-state index in [4.69, 9.17) is 0 Å². The number of hydrogen-bond acceptors (Lipinski definition) is 1. The molecule has 13 heavy (non-hydrogen) atoms. The normalized spacial score (nSPS) is 13.8. The van der Waals surface area contributed by atoms with Crippen LogP contribution in [0.1, 0.15) is 27.2 Å². The van der Waals surface area contributed by atoms with Crippen LogP contribution in [0.5, 0.6) is 0 Å². The quantitative estimate of drug-likeness (QED) is 0.621. The summed E-state index contributed by atoms with van der Waals surface area (Å²) in [5.41, 5.74) is -0.502. The van der Waals surface area contributed by atoms with E-state index >= 15 is 0 Å². The Morgan fingerprint density at radius 1 is 1.23 bits per heavy atom. The third-order valence-electron chi connectivity index (χ3n) is 1.87. The lowest BCUT2D eigenvalue weighted by Gasteiger charge is -2.25. The van der Waals surface area contributed by atoms with Gasteiger partial charge >= 0.3 is 12.5 Å². The second-order valence-electron chi connectivity index (χ2n) is 3.67. The minimum absolute atomic E-state index is 0.374. The lowest BCUT2D eigenvalue weighted by molar-refractivity contribution is -0.308. The molecule has 0 fully saturated rings. The number of halogens is 4. The van der Waals surface area contributed by atoms with Crippen LogP contribution in [0.4, 0.5) is 17.6 Å². The van der Waals surface area contributed by atoms with Gasteiger partial charge in [-0.2, -0.15) is 8.78 Å². The van der Waals surface area contributed by atoms with Gasteiger partial charge in [0.2, 0.25) is 0 Å². The van der Waals surface area contributed by atoms with Gasteiger partial charge in [0.1, 0.15) is 0 Å². The SMILES string of the molecule is CCC(C)(C)COC(F)(F)C(F)F. The van der Waals surface area contributed by atoms with Crippen molar-refractivity contribution in [3.8, 4) is 0 Å². The topological polar surface area (TPSA) is 9.23 Å². The first kappa shape index (κ1) is 12.7. The van der Waals surface area contributed by atoms with Crippen LogP contribution in [0.2, 0.25) is 0 Å². The first-order valence-electron chi connectivity index (χ1n) is 4.01. The van der Waals surface area contributed by atoms with Gasteiger partial charge in [-0.3, -0.25) is 0 Å². The molecule has 0 aliphatic carbocycles. The zero-order valence-electron chi connectivity index (χ0n) is 7.91. The van der Waals surface area contributed by atoms with Gasteiger partial charge in [0.25, 0.3) is 0 Å². The van der Waals surface area contributed by atoms with Gasteiger partial charge in [-0.1, -0.05) is 20.8 Å². The molecule has 0 N–H and O–H groups in total. The summed E-state index contributed by atoms with van der Waals surface area (Å²) in [4.78, 5) is 0. The van der Waals surface area contributed by atoms with Crippen LogP contribution in [-0.4, -0.2) is 19.1 Å². The third-order valence-corrected chi connectivity index (χ3v) is 1.87. The third kappa shape index (κ3) is 4.45. The number of alkyl halides is 4. The van der Waals surface area contributed by atoms with E-state index in [1.807, 2.05) is 0 Å². The summed E-state index contributed by atoms with van der Waals surface area (Å²) in [6.07, 6.45) is -7.50. The fraction of sp³-hybridized carbons (Fsp3) is 1.00. The second-order valence-corrected chi connectivity index (χ2v) is 3.67. The van der Waals surface area contributed by atoms with E-state index in [0.717, 1.165) is 0 Å². The van der Waals surface area contributed by atoms with Gasteiger partial charge < -0.3 is 4.74 Å². The lowest BCUT2D eigenvalue weighted by atomic mass is 9.92. The fourth-order valence-corrected chi connectivity index (χ4v) is 0.457. The van der Waals surface area contributed by atoms with Gasteiger partial charge in [-0.15, -0.1) is 0 Å². The van der Waals surface area contributed by atoms with Crippen LogP contribution in [0, 0.1) is 5.41 Å². The maximum Gasteiger partial charge on any atom is 0.416 e. The standard InChI is InChI=1S/C8H14F4O/c1-4-7(2,3)5-13-8(11,12)6(9)10/h6H,4-5H2,1-3H3. The Morgan fingerprint density at radius 2 is 1.69 bits per heavy atom. The molecule has 0 amide bonds. The average molecular weight is 202 g/mol. The van der Waals surface area contributed by atoms with Crippen LogP contribution in [-0.2, 0) is 4.74 Å². The second kappa shape index (κ2) is 4.26. The molecule has 0 saturated heterocycles. The lowest BCUT2D eigenvalue weighted by Crippen LogP contribution is -2.34. The summed E-state index contributed by atoms with van der Waals surface area (Å²) in [7, 11) is 0. The molecule has 5 heteroatoms. The van der Waals surface area contributed by atoms with Crippen LogP contribution in [0.25, 0.3) is 0 Å². The monoisotopic (exact) mass is 202 g/mol. The molecule has 0 rings (SSSR count). The molecule has 0 aromatic carbocycles. The predicted molar refractivity (Wildman–Crippen MR) is 41.0 cm³/mol. The molecule has 80 valence electrons. The molecule has 0 aliphatic heterocycles. The Labute approximate surface area is 75.1 Å². The molecule has 0 bridgehead atoms. The van der Waals surface area contributed by atoms with Crippen molar-refractivity contribution in [2.45, 2.75) is 39.7 Å². The van der Waals surface area contributed by atoms with Crippen LogP contribution in [0.3, 0.4) is 0 Å². The molecule has 0 spiro atoms.